The van der Waals surface area contributed by atoms with E-state index in [1.807, 2.05) is 0 Å². The van der Waals surface area contributed by atoms with Gasteiger partial charge in [0.1, 0.15) is 5.69 Å². The maximum absolute atomic E-state index is 7.49. The second kappa shape index (κ2) is 5.52. The van der Waals surface area contributed by atoms with Crippen molar-refractivity contribution in [3.05, 3.63) is 11.4 Å². The summed E-state index contributed by atoms with van der Waals surface area (Å²) in [7, 11) is 0. The molecule has 1 rings (SSSR count). The molecule has 4 heteroatoms. The highest BCUT2D eigenvalue weighted by atomic mass is 15.3. The SMILES string of the molecule is CCCCCCc1[nH]nnc1C(C)=N. The standard InChI is InChI=1S/C10H18N4/c1-3-4-5-6-7-9-10(8(2)11)13-14-12-9/h11H,3-7H2,1-2H3,(H,12,13,14). The first-order valence-corrected chi connectivity index (χ1v) is 5.21. The van der Waals surface area contributed by atoms with Crippen molar-refractivity contribution in [3.63, 3.8) is 0 Å². The molecule has 0 saturated heterocycles. The summed E-state index contributed by atoms with van der Waals surface area (Å²) < 4.78 is 0. The summed E-state index contributed by atoms with van der Waals surface area (Å²) in [5, 5.41) is 18.0. The summed E-state index contributed by atoms with van der Waals surface area (Å²) in [4.78, 5) is 0. The number of aromatic amines is 1. The van der Waals surface area contributed by atoms with E-state index >= 15 is 0 Å². The molecule has 2 N–H and O–H groups in total. The van der Waals surface area contributed by atoms with Crippen molar-refractivity contribution in [2.24, 2.45) is 0 Å². The zero-order chi connectivity index (χ0) is 10.4. The summed E-state index contributed by atoms with van der Waals surface area (Å²) in [6, 6.07) is 0. The van der Waals surface area contributed by atoms with Crippen LogP contribution in [0.3, 0.4) is 0 Å². The lowest BCUT2D eigenvalue weighted by molar-refractivity contribution is 0.659. The molecule has 14 heavy (non-hydrogen) atoms. The molecule has 1 heterocycles. The highest BCUT2D eigenvalue weighted by Gasteiger charge is 2.07. The number of hydrogen-bond donors (Lipinski definition) is 2. The lowest BCUT2D eigenvalue weighted by atomic mass is 10.1. The fraction of sp³-hybridized carbons (Fsp3) is 0.700. The van der Waals surface area contributed by atoms with Crippen LogP contribution in [0.25, 0.3) is 0 Å². The molecule has 0 aromatic carbocycles. The fourth-order valence-corrected chi connectivity index (χ4v) is 1.45. The van der Waals surface area contributed by atoms with Crippen LogP contribution >= 0.6 is 0 Å². The van der Waals surface area contributed by atoms with E-state index in [0.29, 0.717) is 5.71 Å². The zero-order valence-corrected chi connectivity index (χ0v) is 8.93. The van der Waals surface area contributed by atoms with Gasteiger partial charge in [-0.2, -0.15) is 0 Å². The zero-order valence-electron chi connectivity index (χ0n) is 8.93. The summed E-state index contributed by atoms with van der Waals surface area (Å²) in [6.45, 7) is 3.94. The van der Waals surface area contributed by atoms with E-state index in [9.17, 15) is 0 Å². The van der Waals surface area contributed by atoms with Gasteiger partial charge in [-0.1, -0.05) is 31.4 Å². The van der Waals surface area contributed by atoms with Gasteiger partial charge in [0.15, 0.2) is 0 Å². The molecular formula is C10H18N4. The minimum atomic E-state index is 0.490. The van der Waals surface area contributed by atoms with Crippen molar-refractivity contribution in [2.75, 3.05) is 0 Å². The molecule has 4 nitrogen and oxygen atoms in total. The van der Waals surface area contributed by atoms with Crippen LogP contribution < -0.4 is 0 Å². The summed E-state index contributed by atoms with van der Waals surface area (Å²) >= 11 is 0. The molecule has 78 valence electrons. The number of hydrogen-bond acceptors (Lipinski definition) is 3. The smallest absolute Gasteiger partial charge is 0.129 e. The highest BCUT2D eigenvalue weighted by molar-refractivity contribution is 5.95. The van der Waals surface area contributed by atoms with Gasteiger partial charge in [0.25, 0.3) is 0 Å². The quantitative estimate of drug-likeness (QED) is 0.539. The van der Waals surface area contributed by atoms with Crippen LogP contribution in [0.2, 0.25) is 0 Å². The van der Waals surface area contributed by atoms with Crippen molar-refractivity contribution < 1.29 is 0 Å². The first-order valence-electron chi connectivity index (χ1n) is 5.21. The van der Waals surface area contributed by atoms with Crippen LogP contribution in [0.5, 0.6) is 0 Å². The Morgan fingerprint density at radius 2 is 2.14 bits per heavy atom. The number of aryl methyl sites for hydroxylation is 1. The number of nitrogens with one attached hydrogen (secondary N) is 2. The Bertz CT molecular complexity index is 290. The molecular weight excluding hydrogens is 176 g/mol. The summed E-state index contributed by atoms with van der Waals surface area (Å²) in [5.41, 5.74) is 2.22. The van der Waals surface area contributed by atoms with Gasteiger partial charge < -0.3 is 5.41 Å². The normalized spacial score (nSPS) is 10.4. The van der Waals surface area contributed by atoms with Crippen LogP contribution in [0.1, 0.15) is 50.9 Å². The molecule has 0 spiro atoms. The Morgan fingerprint density at radius 1 is 1.36 bits per heavy atom. The molecule has 0 radical (unpaired) electrons. The van der Waals surface area contributed by atoms with Crippen LogP contribution in [0, 0.1) is 5.41 Å². The van der Waals surface area contributed by atoms with Crippen LogP contribution in [-0.4, -0.2) is 21.1 Å². The molecule has 0 saturated carbocycles. The Kier molecular flexibility index (Phi) is 4.29. The van der Waals surface area contributed by atoms with Crippen LogP contribution in [0.15, 0.2) is 0 Å². The van der Waals surface area contributed by atoms with Crippen LogP contribution in [-0.2, 0) is 6.42 Å². The summed E-state index contributed by atoms with van der Waals surface area (Å²) in [5.74, 6) is 0. The molecule has 0 aliphatic carbocycles. The lowest BCUT2D eigenvalue weighted by Crippen LogP contribution is -1.99. The van der Waals surface area contributed by atoms with Gasteiger partial charge in [0.2, 0.25) is 0 Å². The minimum absolute atomic E-state index is 0.490. The second-order valence-corrected chi connectivity index (χ2v) is 3.57. The number of nitrogens with zero attached hydrogens (tertiary/aromatic N) is 2. The van der Waals surface area contributed by atoms with E-state index < -0.39 is 0 Å². The molecule has 0 unspecified atom stereocenters. The minimum Gasteiger partial charge on any atom is -0.303 e. The third-order valence-electron chi connectivity index (χ3n) is 2.26. The largest absolute Gasteiger partial charge is 0.303 e. The van der Waals surface area contributed by atoms with E-state index in [1.165, 1.54) is 19.3 Å². The van der Waals surface area contributed by atoms with Gasteiger partial charge in [0, 0.05) is 0 Å². The molecule has 0 amide bonds. The molecule has 0 bridgehead atoms. The third kappa shape index (κ3) is 2.94. The number of rotatable bonds is 6. The average molecular weight is 194 g/mol. The number of aromatic nitrogens is 3. The van der Waals surface area contributed by atoms with Crippen molar-refractivity contribution in [1.82, 2.24) is 15.4 Å². The molecule has 0 atom stereocenters. The van der Waals surface area contributed by atoms with Gasteiger partial charge in [-0.3, -0.25) is 5.10 Å². The number of unbranched alkanes of at least 4 members (excludes halogenated alkanes) is 3. The maximum atomic E-state index is 7.49. The molecule has 0 aliphatic heterocycles. The van der Waals surface area contributed by atoms with Crippen molar-refractivity contribution in [3.8, 4) is 0 Å². The van der Waals surface area contributed by atoms with E-state index in [-0.39, 0.29) is 0 Å². The average Bonchev–Trinajstić information content (AvgIpc) is 2.60. The Labute approximate surface area is 84.6 Å². The van der Waals surface area contributed by atoms with E-state index in [4.69, 9.17) is 5.41 Å². The second-order valence-electron chi connectivity index (χ2n) is 3.57. The lowest BCUT2D eigenvalue weighted by Gasteiger charge is -1.99. The first kappa shape index (κ1) is 10.9. The van der Waals surface area contributed by atoms with Gasteiger partial charge in [-0.05, 0) is 19.8 Å². The van der Waals surface area contributed by atoms with Gasteiger partial charge in [0.05, 0.1) is 11.4 Å². The van der Waals surface area contributed by atoms with Crippen molar-refractivity contribution in [2.45, 2.75) is 46.0 Å². The predicted molar refractivity (Wildman–Crippen MR) is 56.7 cm³/mol. The molecule has 1 aromatic heterocycles. The summed E-state index contributed by atoms with van der Waals surface area (Å²) in [6.07, 6.45) is 5.88. The first-order chi connectivity index (χ1) is 6.75. The Morgan fingerprint density at radius 3 is 2.79 bits per heavy atom. The predicted octanol–water partition coefficient (Wildman–Crippen LogP) is 2.32. The van der Waals surface area contributed by atoms with Gasteiger partial charge in [-0.15, -0.1) is 5.10 Å². The van der Waals surface area contributed by atoms with Gasteiger partial charge >= 0.3 is 0 Å². The third-order valence-corrected chi connectivity index (χ3v) is 2.26. The topological polar surface area (TPSA) is 65.4 Å². The van der Waals surface area contributed by atoms with E-state index in [2.05, 4.69) is 22.3 Å². The fourth-order valence-electron chi connectivity index (χ4n) is 1.45. The van der Waals surface area contributed by atoms with E-state index in [0.717, 1.165) is 24.2 Å². The molecule has 0 aliphatic rings. The van der Waals surface area contributed by atoms with E-state index in [1.54, 1.807) is 6.92 Å². The van der Waals surface area contributed by atoms with Crippen molar-refractivity contribution >= 4 is 5.71 Å². The van der Waals surface area contributed by atoms with Crippen molar-refractivity contribution in [1.29, 1.82) is 5.41 Å². The Hall–Kier alpha value is -1.19. The maximum Gasteiger partial charge on any atom is 0.129 e. The Balaban J connectivity index is 2.42. The molecule has 1 aromatic rings. The number of H-pyrrole nitrogens is 1. The monoisotopic (exact) mass is 194 g/mol. The highest BCUT2D eigenvalue weighted by Crippen LogP contribution is 2.08. The van der Waals surface area contributed by atoms with Gasteiger partial charge in [-0.25, -0.2) is 0 Å². The van der Waals surface area contributed by atoms with Crippen LogP contribution in [0.4, 0.5) is 0 Å². The molecule has 0 fully saturated rings.